The fourth-order valence-corrected chi connectivity index (χ4v) is 1.65. The second kappa shape index (κ2) is 10.1. The van der Waals surface area contributed by atoms with Crippen molar-refractivity contribution in [2.24, 2.45) is 0 Å². The Morgan fingerprint density at radius 3 is 1.89 bits per heavy atom. The average molecular weight is 286 g/mol. The molecular weight excluding hydrogens is 264 g/mol. The molecule has 0 aliphatic heterocycles. The minimum absolute atomic E-state index is 0.228. The third-order valence-electron chi connectivity index (χ3n) is 2.61. The minimum atomic E-state index is 0.228. The summed E-state index contributed by atoms with van der Waals surface area (Å²) in [6.07, 6.45) is 0. The van der Waals surface area contributed by atoms with Gasteiger partial charge in [-0.05, 0) is 45.0 Å². The Morgan fingerprint density at radius 1 is 1.17 bits per heavy atom. The number of nitrogens with one attached hydrogen (secondary N) is 2. The minimum Gasteiger partial charge on any atom is -0.508 e. The molecule has 0 saturated carbocycles. The van der Waals surface area contributed by atoms with Crippen LogP contribution in [0.15, 0.2) is 24.3 Å². The Hall–Kier alpha value is -0.910. The molecular formula is C13H22N2OS2. The molecule has 5 heteroatoms. The maximum atomic E-state index is 8.90. The van der Waals surface area contributed by atoms with E-state index in [2.05, 4.69) is 50.9 Å². The van der Waals surface area contributed by atoms with E-state index in [9.17, 15) is 0 Å². The van der Waals surface area contributed by atoms with Crippen LogP contribution in [0.3, 0.4) is 0 Å². The lowest BCUT2D eigenvalue weighted by Gasteiger charge is -2.10. The fraction of sp³-hybridized carbons (Fsp3) is 0.462. The Bertz CT molecular complexity index is 332. The zero-order valence-electron chi connectivity index (χ0n) is 11.2. The molecule has 0 saturated heterocycles. The van der Waals surface area contributed by atoms with E-state index >= 15 is 0 Å². The number of hydrogen-bond donors (Lipinski definition) is 3. The van der Waals surface area contributed by atoms with Gasteiger partial charge in [0.15, 0.2) is 0 Å². The van der Waals surface area contributed by atoms with Crippen LogP contribution in [0.4, 0.5) is 5.69 Å². The summed E-state index contributed by atoms with van der Waals surface area (Å²) < 4.78 is 0.302. The van der Waals surface area contributed by atoms with Crippen LogP contribution in [0, 0.1) is 0 Å². The van der Waals surface area contributed by atoms with Gasteiger partial charge in [-0.3, -0.25) is 0 Å². The van der Waals surface area contributed by atoms with Gasteiger partial charge in [-0.25, -0.2) is 0 Å². The number of aromatic hydroxyl groups is 1. The Balaban J connectivity index is 0.000000360. The maximum absolute atomic E-state index is 8.90. The van der Waals surface area contributed by atoms with Gasteiger partial charge in [0.25, 0.3) is 0 Å². The summed E-state index contributed by atoms with van der Waals surface area (Å²) >= 11 is 9.30. The molecule has 0 aromatic heterocycles. The monoisotopic (exact) mass is 286 g/mol. The third-order valence-corrected chi connectivity index (χ3v) is 2.82. The van der Waals surface area contributed by atoms with Crippen LogP contribution in [0.25, 0.3) is 0 Å². The third kappa shape index (κ3) is 8.22. The summed E-state index contributed by atoms with van der Waals surface area (Å²) in [5, 5.41) is 11.7. The lowest BCUT2D eigenvalue weighted by atomic mass is 10.3. The van der Waals surface area contributed by atoms with E-state index in [0.29, 0.717) is 4.32 Å². The predicted molar refractivity (Wildman–Crippen MR) is 84.3 cm³/mol. The molecule has 0 fully saturated rings. The standard InChI is InChI=1S/C7H7NOS2.C6H15N/c9-6-3-1-5(2-4-6)8-7(10)11;1-4-7(5-2)6-3/h1-4,9H,(H2,8,10,11);4-6H2,1-3H3. The number of phenolic OH excluding ortho intramolecular Hbond substituents is 1. The van der Waals surface area contributed by atoms with E-state index in [4.69, 9.17) is 5.11 Å². The molecule has 102 valence electrons. The molecule has 0 radical (unpaired) electrons. The molecule has 0 atom stereocenters. The zero-order chi connectivity index (χ0) is 14.0. The highest BCUT2D eigenvalue weighted by Crippen LogP contribution is 2.13. The van der Waals surface area contributed by atoms with Crippen LogP contribution < -0.4 is 10.2 Å². The highest BCUT2D eigenvalue weighted by Gasteiger charge is 1.92. The number of quaternary nitrogens is 1. The number of thiocarbonyl (C=S) groups is 1. The van der Waals surface area contributed by atoms with Crippen molar-refractivity contribution in [1.29, 1.82) is 0 Å². The van der Waals surface area contributed by atoms with Crippen molar-refractivity contribution >= 4 is 34.9 Å². The van der Waals surface area contributed by atoms with Crippen molar-refractivity contribution in [2.45, 2.75) is 20.8 Å². The summed E-state index contributed by atoms with van der Waals surface area (Å²) in [6, 6.07) is 6.54. The number of rotatable bonds is 4. The molecule has 0 spiro atoms. The summed E-state index contributed by atoms with van der Waals surface area (Å²) in [4.78, 5) is 1.68. The normalized spacial score (nSPS) is 9.56. The van der Waals surface area contributed by atoms with Gasteiger partial charge in [-0.15, -0.1) is 0 Å². The SMILES string of the molecule is CC[NH+](CC)CC.Oc1ccc(NC(=S)[S-])cc1. The molecule has 1 aromatic carbocycles. The van der Waals surface area contributed by atoms with E-state index in [1.165, 1.54) is 19.6 Å². The molecule has 1 rings (SSSR count). The van der Waals surface area contributed by atoms with Crippen molar-refractivity contribution in [3.05, 3.63) is 24.3 Å². The summed E-state index contributed by atoms with van der Waals surface area (Å²) in [6.45, 7) is 10.5. The number of hydrogen-bond acceptors (Lipinski definition) is 3. The Morgan fingerprint density at radius 2 is 1.61 bits per heavy atom. The maximum Gasteiger partial charge on any atom is 0.115 e. The van der Waals surface area contributed by atoms with Gasteiger partial charge in [0.05, 0.1) is 19.6 Å². The topological polar surface area (TPSA) is 36.7 Å². The van der Waals surface area contributed by atoms with E-state index in [1.807, 2.05) is 0 Å². The van der Waals surface area contributed by atoms with Crippen LogP contribution in [0.5, 0.6) is 5.75 Å². The van der Waals surface area contributed by atoms with E-state index < -0.39 is 0 Å². The van der Waals surface area contributed by atoms with E-state index in [-0.39, 0.29) is 5.75 Å². The molecule has 0 aliphatic carbocycles. The molecule has 0 heterocycles. The largest absolute Gasteiger partial charge is 0.508 e. The quantitative estimate of drug-likeness (QED) is 0.446. The smallest absolute Gasteiger partial charge is 0.115 e. The highest BCUT2D eigenvalue weighted by molar-refractivity contribution is 8.00. The van der Waals surface area contributed by atoms with Crippen molar-refractivity contribution in [3.8, 4) is 5.75 Å². The lowest BCUT2D eigenvalue weighted by molar-refractivity contribution is -0.894. The predicted octanol–water partition coefficient (Wildman–Crippen LogP) is 1.57. The van der Waals surface area contributed by atoms with Gasteiger partial charge >= 0.3 is 0 Å². The second-order valence-electron chi connectivity index (χ2n) is 3.77. The van der Waals surface area contributed by atoms with Crippen molar-refractivity contribution in [3.63, 3.8) is 0 Å². The molecule has 1 aromatic rings. The molecule has 0 aliphatic rings. The average Bonchev–Trinajstić information content (AvgIpc) is 2.35. The van der Waals surface area contributed by atoms with Gasteiger partial charge in [-0.2, -0.15) is 0 Å². The molecule has 3 N–H and O–H groups in total. The van der Waals surface area contributed by atoms with Crippen molar-refractivity contribution < 1.29 is 10.0 Å². The number of anilines is 1. The van der Waals surface area contributed by atoms with Crippen LogP contribution in [0.1, 0.15) is 20.8 Å². The Labute approximate surface area is 121 Å². The second-order valence-corrected chi connectivity index (χ2v) is 4.84. The van der Waals surface area contributed by atoms with Gasteiger partial charge in [0.1, 0.15) is 5.75 Å². The first-order valence-corrected chi connectivity index (χ1v) is 6.95. The van der Waals surface area contributed by atoms with Crippen LogP contribution >= 0.6 is 12.2 Å². The van der Waals surface area contributed by atoms with Gasteiger partial charge in [0.2, 0.25) is 0 Å². The van der Waals surface area contributed by atoms with Gasteiger partial charge in [0, 0.05) is 5.69 Å². The van der Waals surface area contributed by atoms with E-state index in [1.54, 1.807) is 29.2 Å². The Kier molecular flexibility index (Phi) is 9.55. The first-order valence-electron chi connectivity index (χ1n) is 6.14. The molecule has 18 heavy (non-hydrogen) atoms. The van der Waals surface area contributed by atoms with Gasteiger partial charge < -0.3 is 40.2 Å². The van der Waals surface area contributed by atoms with Gasteiger partial charge in [-0.1, -0.05) is 4.32 Å². The van der Waals surface area contributed by atoms with Crippen molar-refractivity contribution in [2.75, 3.05) is 25.0 Å². The zero-order valence-corrected chi connectivity index (χ0v) is 12.8. The van der Waals surface area contributed by atoms with Crippen LogP contribution in [-0.4, -0.2) is 29.1 Å². The molecule has 0 unspecified atom stereocenters. The first kappa shape index (κ1) is 17.1. The lowest BCUT2D eigenvalue weighted by Crippen LogP contribution is -3.11. The molecule has 0 bridgehead atoms. The van der Waals surface area contributed by atoms with Crippen LogP contribution in [-0.2, 0) is 12.6 Å². The highest BCUT2D eigenvalue weighted by atomic mass is 32.1. The summed E-state index contributed by atoms with van der Waals surface area (Å²) in [5.41, 5.74) is 0.794. The molecule has 3 nitrogen and oxygen atoms in total. The first-order chi connectivity index (χ1) is 8.53. The summed E-state index contributed by atoms with van der Waals surface area (Å²) in [7, 11) is 0. The van der Waals surface area contributed by atoms with E-state index in [0.717, 1.165) is 5.69 Å². The number of benzene rings is 1. The van der Waals surface area contributed by atoms with Crippen molar-refractivity contribution in [1.82, 2.24) is 0 Å². The molecule has 0 amide bonds. The number of phenols is 1. The van der Waals surface area contributed by atoms with Crippen LogP contribution in [0.2, 0.25) is 0 Å². The fourth-order valence-electron chi connectivity index (χ4n) is 1.41. The summed E-state index contributed by atoms with van der Waals surface area (Å²) in [5.74, 6) is 0.228.